The van der Waals surface area contributed by atoms with Crippen molar-refractivity contribution >= 4 is 11.0 Å². The van der Waals surface area contributed by atoms with Gasteiger partial charge in [-0.15, -0.1) is 0 Å². The van der Waals surface area contributed by atoms with Gasteiger partial charge in [0.2, 0.25) is 0 Å². The fourth-order valence-electron chi connectivity index (χ4n) is 3.71. The first-order valence-electron chi connectivity index (χ1n) is 11.5. The molecule has 2 atom stereocenters. The largest absolute Gasteiger partial charge is 0.494 e. The third-order valence-electron chi connectivity index (χ3n) is 5.74. The molecule has 3 aromatic carbocycles. The van der Waals surface area contributed by atoms with Crippen LogP contribution < -0.4 is 14.8 Å². The van der Waals surface area contributed by atoms with Crippen molar-refractivity contribution in [3.8, 4) is 11.5 Å². The monoisotopic (exact) mass is 465 g/mol. The molecule has 7 heteroatoms. The van der Waals surface area contributed by atoms with E-state index in [9.17, 15) is 8.78 Å². The van der Waals surface area contributed by atoms with Crippen molar-refractivity contribution in [3.63, 3.8) is 0 Å². The maximum atomic E-state index is 13.9. The number of hydrogen-bond acceptors (Lipinski definition) is 4. The molecular weight excluding hydrogens is 436 g/mol. The molecule has 0 saturated heterocycles. The minimum atomic E-state index is -0.492. The number of imidazole rings is 1. The number of fused-ring (bicyclic) bond motifs is 1. The van der Waals surface area contributed by atoms with Gasteiger partial charge >= 0.3 is 0 Å². The highest BCUT2D eigenvalue weighted by atomic mass is 19.1. The van der Waals surface area contributed by atoms with E-state index in [2.05, 4.69) is 24.1 Å². The molecular formula is C27H29F2N3O2. The molecule has 1 heterocycles. The Morgan fingerprint density at radius 2 is 1.71 bits per heavy atom. The third-order valence-corrected chi connectivity index (χ3v) is 5.74. The van der Waals surface area contributed by atoms with Crippen molar-refractivity contribution in [3.05, 3.63) is 89.2 Å². The van der Waals surface area contributed by atoms with Crippen LogP contribution in [-0.2, 0) is 6.61 Å². The van der Waals surface area contributed by atoms with Crippen LogP contribution in [0.3, 0.4) is 0 Å². The lowest BCUT2D eigenvalue weighted by Gasteiger charge is -2.22. The summed E-state index contributed by atoms with van der Waals surface area (Å²) in [6.45, 7) is 6.76. The van der Waals surface area contributed by atoms with E-state index in [1.165, 1.54) is 0 Å². The highest BCUT2D eigenvalue weighted by molar-refractivity contribution is 5.77. The number of nitrogens with zero attached hydrogens (tertiary/aromatic N) is 1. The molecule has 4 rings (SSSR count). The maximum absolute atomic E-state index is 13.9. The van der Waals surface area contributed by atoms with Gasteiger partial charge in [-0.25, -0.2) is 13.8 Å². The average Bonchev–Trinajstić information content (AvgIpc) is 3.26. The molecule has 0 radical (unpaired) electrons. The number of aromatic amines is 1. The predicted octanol–water partition coefficient (Wildman–Crippen LogP) is 6.30. The fraction of sp³-hybridized carbons (Fsp3) is 0.296. The van der Waals surface area contributed by atoms with Gasteiger partial charge in [0.25, 0.3) is 0 Å². The fourth-order valence-corrected chi connectivity index (χ4v) is 3.71. The zero-order valence-electron chi connectivity index (χ0n) is 19.6. The van der Waals surface area contributed by atoms with Crippen LogP contribution in [0, 0.1) is 11.6 Å². The Hall–Kier alpha value is -3.45. The molecule has 0 amide bonds. The molecule has 0 saturated carbocycles. The summed E-state index contributed by atoms with van der Waals surface area (Å²) in [5.41, 5.74) is 2.96. The molecule has 4 aromatic rings. The first kappa shape index (κ1) is 23.7. The Kier molecular flexibility index (Phi) is 7.43. The van der Waals surface area contributed by atoms with E-state index in [-0.39, 0.29) is 24.3 Å². The average molecular weight is 466 g/mol. The molecule has 0 bridgehead atoms. The summed E-state index contributed by atoms with van der Waals surface area (Å²) in [6, 6.07) is 16.8. The number of ether oxygens (including phenoxy) is 2. The third kappa shape index (κ3) is 5.54. The van der Waals surface area contributed by atoms with Crippen molar-refractivity contribution in [1.82, 2.24) is 15.3 Å². The first-order valence-corrected chi connectivity index (χ1v) is 11.5. The number of nitrogens with one attached hydrogen (secondary N) is 2. The lowest BCUT2D eigenvalue weighted by molar-refractivity contribution is 0.299. The van der Waals surface area contributed by atoms with Gasteiger partial charge < -0.3 is 19.8 Å². The predicted molar refractivity (Wildman–Crippen MR) is 129 cm³/mol. The van der Waals surface area contributed by atoms with Crippen LogP contribution in [0.2, 0.25) is 0 Å². The van der Waals surface area contributed by atoms with Gasteiger partial charge in [-0.1, -0.05) is 19.1 Å². The summed E-state index contributed by atoms with van der Waals surface area (Å²) in [4.78, 5) is 8.26. The lowest BCUT2D eigenvalue weighted by atomic mass is 10.0. The molecule has 0 aliphatic rings. The number of halogens is 2. The van der Waals surface area contributed by atoms with Gasteiger partial charge in [0.1, 0.15) is 35.6 Å². The van der Waals surface area contributed by atoms with Crippen LogP contribution in [0.1, 0.15) is 50.2 Å². The minimum absolute atomic E-state index is 0.0524. The first-order chi connectivity index (χ1) is 16.5. The summed E-state index contributed by atoms with van der Waals surface area (Å²) in [5, 5.41) is 3.63. The van der Waals surface area contributed by atoms with Gasteiger partial charge in [-0.3, -0.25) is 0 Å². The molecule has 178 valence electrons. The summed E-state index contributed by atoms with van der Waals surface area (Å²) in [7, 11) is 0. The molecule has 0 spiro atoms. The molecule has 1 aromatic heterocycles. The number of H-pyrrole nitrogens is 1. The second kappa shape index (κ2) is 10.7. The van der Waals surface area contributed by atoms with Crippen LogP contribution in [0.25, 0.3) is 11.0 Å². The summed E-state index contributed by atoms with van der Waals surface area (Å²) in [6.07, 6.45) is 0.964. The van der Waals surface area contributed by atoms with E-state index >= 15 is 0 Å². The Labute approximate surface area is 198 Å². The summed E-state index contributed by atoms with van der Waals surface area (Å²) in [5.74, 6) is 1.18. The maximum Gasteiger partial charge on any atom is 0.130 e. The van der Waals surface area contributed by atoms with Crippen LogP contribution in [0.15, 0.2) is 60.7 Å². The normalized spacial score (nSPS) is 13.1. The van der Waals surface area contributed by atoms with E-state index in [0.29, 0.717) is 12.4 Å². The van der Waals surface area contributed by atoms with Gasteiger partial charge in [0.15, 0.2) is 0 Å². The van der Waals surface area contributed by atoms with Crippen molar-refractivity contribution in [1.29, 1.82) is 0 Å². The Morgan fingerprint density at radius 1 is 0.941 bits per heavy atom. The number of rotatable bonds is 10. The van der Waals surface area contributed by atoms with E-state index in [1.54, 1.807) is 0 Å². The molecule has 0 fully saturated rings. The highest BCUT2D eigenvalue weighted by Crippen LogP contribution is 2.27. The van der Waals surface area contributed by atoms with Gasteiger partial charge in [-0.05, 0) is 68.3 Å². The summed E-state index contributed by atoms with van der Waals surface area (Å²) >= 11 is 0. The minimum Gasteiger partial charge on any atom is -0.494 e. The molecule has 34 heavy (non-hydrogen) atoms. The van der Waals surface area contributed by atoms with Crippen LogP contribution in [0.5, 0.6) is 11.5 Å². The zero-order chi connectivity index (χ0) is 24.1. The van der Waals surface area contributed by atoms with Crippen molar-refractivity contribution < 1.29 is 18.3 Å². The lowest BCUT2D eigenvalue weighted by Crippen LogP contribution is -2.31. The van der Waals surface area contributed by atoms with Gasteiger partial charge in [0.05, 0.1) is 23.7 Å². The van der Waals surface area contributed by atoms with Gasteiger partial charge in [0, 0.05) is 17.7 Å². The van der Waals surface area contributed by atoms with E-state index in [0.717, 1.165) is 52.8 Å². The highest BCUT2D eigenvalue weighted by Gasteiger charge is 2.20. The smallest absolute Gasteiger partial charge is 0.130 e. The van der Waals surface area contributed by atoms with E-state index in [1.807, 2.05) is 49.4 Å². The second-order valence-electron chi connectivity index (χ2n) is 8.24. The number of hydrogen-bond donors (Lipinski definition) is 2. The summed E-state index contributed by atoms with van der Waals surface area (Å²) < 4.78 is 38.6. The Balaban J connectivity index is 1.56. The quantitative estimate of drug-likeness (QED) is 0.289. The topological polar surface area (TPSA) is 59.2 Å². The SMILES string of the molecule is CCOc1ccc2[nH]c(C(NC(C)CC)c3ccc(OCc4cc(F)ccc4F)cc3)nc2c1. The standard InChI is InChI=1S/C27H29F2N3O2/c1-4-17(3)30-26(27-31-24-13-11-22(33-5-2)15-25(24)32-27)18-6-9-21(10-7-18)34-16-19-14-20(28)8-12-23(19)29/h6-15,17,26,30H,4-5,16H2,1-3H3,(H,31,32). The number of aromatic nitrogens is 2. The Bertz CT molecular complexity index is 1240. The van der Waals surface area contributed by atoms with E-state index < -0.39 is 11.6 Å². The van der Waals surface area contributed by atoms with Crippen LogP contribution in [0.4, 0.5) is 8.78 Å². The van der Waals surface area contributed by atoms with Crippen molar-refractivity contribution in [2.45, 2.75) is 45.9 Å². The molecule has 0 aliphatic heterocycles. The molecule has 0 aliphatic carbocycles. The van der Waals surface area contributed by atoms with Crippen LogP contribution in [-0.4, -0.2) is 22.6 Å². The zero-order valence-corrected chi connectivity index (χ0v) is 19.6. The van der Waals surface area contributed by atoms with E-state index in [4.69, 9.17) is 14.5 Å². The van der Waals surface area contributed by atoms with Crippen molar-refractivity contribution in [2.75, 3.05) is 6.61 Å². The van der Waals surface area contributed by atoms with Gasteiger partial charge in [-0.2, -0.15) is 0 Å². The number of benzene rings is 3. The van der Waals surface area contributed by atoms with Crippen molar-refractivity contribution in [2.24, 2.45) is 0 Å². The molecule has 2 N–H and O–H groups in total. The molecule has 5 nitrogen and oxygen atoms in total. The Morgan fingerprint density at radius 3 is 2.44 bits per heavy atom. The second-order valence-corrected chi connectivity index (χ2v) is 8.24. The van der Waals surface area contributed by atoms with Crippen LogP contribution >= 0.6 is 0 Å². The molecule has 2 unspecified atom stereocenters.